The lowest BCUT2D eigenvalue weighted by molar-refractivity contribution is -0.147. The van der Waals surface area contributed by atoms with Crippen molar-refractivity contribution in [1.29, 1.82) is 0 Å². The van der Waals surface area contributed by atoms with Gasteiger partial charge >= 0.3 is 0 Å². The molecule has 26 heavy (non-hydrogen) atoms. The van der Waals surface area contributed by atoms with Gasteiger partial charge in [0, 0.05) is 18.3 Å². The number of anilines is 1. The van der Waals surface area contributed by atoms with E-state index in [1.165, 1.54) is 4.90 Å². The van der Waals surface area contributed by atoms with Crippen LogP contribution in [0.15, 0.2) is 24.3 Å². The summed E-state index contributed by atoms with van der Waals surface area (Å²) >= 11 is 0. The Kier molecular flexibility index (Phi) is 6.11. The van der Waals surface area contributed by atoms with Gasteiger partial charge < -0.3 is 10.2 Å². The van der Waals surface area contributed by atoms with E-state index in [1.807, 2.05) is 24.3 Å². The Labute approximate surface area is 155 Å². The minimum Gasteiger partial charge on any atom is -0.338 e. The molecule has 0 aliphatic carbocycles. The number of carbonyl (C=O) groups excluding carboxylic acids is 2. The highest BCUT2D eigenvalue weighted by Gasteiger charge is 2.43. The SMILES string of the molecule is CCc1ccc(NC(=O)C(C)(C)C(=O)N(CC)C2CCS(=O)(=O)C2)cc1. The Morgan fingerprint density at radius 1 is 1.19 bits per heavy atom. The van der Waals surface area contributed by atoms with Crippen LogP contribution in [0.25, 0.3) is 0 Å². The quantitative estimate of drug-likeness (QED) is 0.767. The zero-order valence-corrected chi connectivity index (χ0v) is 16.7. The summed E-state index contributed by atoms with van der Waals surface area (Å²) in [5, 5.41) is 2.80. The van der Waals surface area contributed by atoms with Crippen LogP contribution in [0.4, 0.5) is 5.69 Å². The van der Waals surface area contributed by atoms with Crippen molar-refractivity contribution in [3.05, 3.63) is 29.8 Å². The third-order valence-electron chi connectivity index (χ3n) is 4.97. The molecule has 0 saturated carbocycles. The van der Waals surface area contributed by atoms with Crippen molar-refractivity contribution in [2.45, 2.75) is 46.6 Å². The number of nitrogens with zero attached hydrogens (tertiary/aromatic N) is 1. The fraction of sp³-hybridized carbons (Fsp3) is 0.579. The van der Waals surface area contributed by atoms with Gasteiger partial charge in [-0.1, -0.05) is 19.1 Å². The van der Waals surface area contributed by atoms with E-state index in [2.05, 4.69) is 12.2 Å². The maximum absolute atomic E-state index is 13.0. The summed E-state index contributed by atoms with van der Waals surface area (Å²) in [6, 6.07) is 7.16. The standard InChI is InChI=1S/C19H28N2O4S/c1-5-14-7-9-15(10-8-14)20-17(22)19(3,4)18(23)21(6-2)16-11-12-26(24,25)13-16/h7-10,16H,5-6,11-13H2,1-4H3,(H,20,22). The predicted octanol–water partition coefficient (Wildman–Crippen LogP) is 2.25. The molecule has 7 heteroatoms. The van der Waals surface area contributed by atoms with Crippen molar-refractivity contribution in [2.24, 2.45) is 5.41 Å². The van der Waals surface area contributed by atoms with E-state index in [9.17, 15) is 18.0 Å². The summed E-state index contributed by atoms with van der Waals surface area (Å²) < 4.78 is 23.5. The molecule has 6 nitrogen and oxygen atoms in total. The van der Waals surface area contributed by atoms with Crippen LogP contribution in [0.1, 0.15) is 39.7 Å². The second-order valence-corrected chi connectivity index (χ2v) is 9.51. The molecule has 0 bridgehead atoms. The summed E-state index contributed by atoms with van der Waals surface area (Å²) in [5.41, 5.74) is 0.517. The largest absolute Gasteiger partial charge is 0.338 e. The number of carbonyl (C=O) groups is 2. The predicted molar refractivity (Wildman–Crippen MR) is 103 cm³/mol. The number of amides is 2. The van der Waals surface area contributed by atoms with Crippen molar-refractivity contribution < 1.29 is 18.0 Å². The molecule has 0 spiro atoms. The Bertz CT molecular complexity index is 769. The highest BCUT2D eigenvalue weighted by Crippen LogP contribution is 2.26. The van der Waals surface area contributed by atoms with Crippen LogP contribution in [0.3, 0.4) is 0 Å². The topological polar surface area (TPSA) is 83.6 Å². The van der Waals surface area contributed by atoms with Gasteiger partial charge in [-0.25, -0.2) is 8.42 Å². The van der Waals surface area contributed by atoms with E-state index in [4.69, 9.17) is 0 Å². The van der Waals surface area contributed by atoms with Gasteiger partial charge in [0.15, 0.2) is 9.84 Å². The van der Waals surface area contributed by atoms with Crippen molar-refractivity contribution in [3.63, 3.8) is 0 Å². The molecule has 2 rings (SSSR count). The highest BCUT2D eigenvalue weighted by molar-refractivity contribution is 7.91. The maximum atomic E-state index is 13.0. The van der Waals surface area contributed by atoms with Gasteiger partial charge in [0.05, 0.1) is 11.5 Å². The molecule has 1 aliphatic heterocycles. The molecule has 1 saturated heterocycles. The first-order valence-electron chi connectivity index (χ1n) is 9.02. The molecular formula is C19H28N2O4S. The van der Waals surface area contributed by atoms with E-state index in [0.29, 0.717) is 18.7 Å². The first-order valence-corrected chi connectivity index (χ1v) is 10.8. The van der Waals surface area contributed by atoms with Crippen molar-refractivity contribution in [2.75, 3.05) is 23.4 Å². The Balaban J connectivity index is 2.12. The fourth-order valence-electron chi connectivity index (χ4n) is 3.16. The molecule has 1 aliphatic rings. The summed E-state index contributed by atoms with van der Waals surface area (Å²) in [5.74, 6) is -0.670. The third-order valence-corrected chi connectivity index (χ3v) is 6.72. The van der Waals surface area contributed by atoms with Crippen LogP contribution in [0.5, 0.6) is 0 Å². The van der Waals surface area contributed by atoms with E-state index >= 15 is 0 Å². The minimum atomic E-state index is -3.10. The van der Waals surface area contributed by atoms with Gasteiger partial charge in [-0.3, -0.25) is 9.59 Å². The van der Waals surface area contributed by atoms with Gasteiger partial charge in [-0.2, -0.15) is 0 Å². The van der Waals surface area contributed by atoms with Gasteiger partial charge in [0.1, 0.15) is 5.41 Å². The number of sulfone groups is 1. The van der Waals surface area contributed by atoms with E-state index in [1.54, 1.807) is 20.8 Å². The molecule has 1 aromatic carbocycles. The number of rotatable bonds is 6. The number of aryl methyl sites for hydroxylation is 1. The first-order chi connectivity index (χ1) is 12.1. The van der Waals surface area contributed by atoms with E-state index in [0.717, 1.165) is 12.0 Å². The van der Waals surface area contributed by atoms with Gasteiger partial charge in [0.25, 0.3) is 0 Å². The smallest absolute Gasteiger partial charge is 0.239 e. The normalized spacial score (nSPS) is 19.2. The Hall–Kier alpha value is -1.89. The minimum absolute atomic E-state index is 0.0250. The molecular weight excluding hydrogens is 352 g/mol. The van der Waals surface area contributed by atoms with Crippen LogP contribution in [0.2, 0.25) is 0 Å². The molecule has 1 unspecified atom stereocenters. The van der Waals surface area contributed by atoms with Crippen LogP contribution in [-0.4, -0.2) is 49.2 Å². The third kappa shape index (κ3) is 4.44. The van der Waals surface area contributed by atoms with Gasteiger partial charge in [-0.05, 0) is 51.3 Å². The lowest BCUT2D eigenvalue weighted by atomic mass is 9.89. The average molecular weight is 381 g/mol. The molecule has 1 heterocycles. The summed E-state index contributed by atoms with van der Waals surface area (Å²) in [7, 11) is -3.10. The van der Waals surface area contributed by atoms with Gasteiger partial charge in [-0.15, -0.1) is 0 Å². The molecule has 0 aromatic heterocycles. The van der Waals surface area contributed by atoms with Crippen molar-refractivity contribution in [1.82, 2.24) is 4.90 Å². The summed E-state index contributed by atoms with van der Waals surface area (Å²) in [4.78, 5) is 27.2. The molecule has 1 N–H and O–H groups in total. The van der Waals surface area contributed by atoms with Crippen LogP contribution in [-0.2, 0) is 25.8 Å². The molecule has 1 atom stereocenters. The number of hydrogen-bond acceptors (Lipinski definition) is 4. The van der Waals surface area contributed by atoms with E-state index in [-0.39, 0.29) is 23.5 Å². The Morgan fingerprint density at radius 2 is 1.81 bits per heavy atom. The fourth-order valence-corrected chi connectivity index (χ4v) is 4.89. The molecule has 2 amide bonds. The molecule has 144 valence electrons. The summed E-state index contributed by atoms with van der Waals surface area (Å²) in [6.45, 7) is 7.40. The number of hydrogen-bond donors (Lipinski definition) is 1. The number of nitrogens with one attached hydrogen (secondary N) is 1. The van der Waals surface area contributed by atoms with Crippen LogP contribution >= 0.6 is 0 Å². The molecule has 1 fully saturated rings. The van der Waals surface area contributed by atoms with Crippen molar-refractivity contribution in [3.8, 4) is 0 Å². The second kappa shape index (κ2) is 7.78. The lowest BCUT2D eigenvalue weighted by Gasteiger charge is -2.34. The number of benzene rings is 1. The van der Waals surface area contributed by atoms with E-state index < -0.39 is 21.2 Å². The molecule has 0 radical (unpaired) electrons. The molecule has 1 aromatic rings. The van der Waals surface area contributed by atoms with Crippen molar-refractivity contribution >= 4 is 27.3 Å². The Morgan fingerprint density at radius 3 is 2.27 bits per heavy atom. The zero-order valence-electron chi connectivity index (χ0n) is 15.9. The van der Waals surface area contributed by atoms with Crippen LogP contribution in [0, 0.1) is 5.41 Å². The monoisotopic (exact) mass is 380 g/mol. The van der Waals surface area contributed by atoms with Crippen LogP contribution < -0.4 is 5.32 Å². The average Bonchev–Trinajstić information content (AvgIpc) is 2.95. The van der Waals surface area contributed by atoms with Gasteiger partial charge in [0.2, 0.25) is 11.8 Å². The second-order valence-electron chi connectivity index (χ2n) is 7.28. The highest BCUT2D eigenvalue weighted by atomic mass is 32.2. The summed E-state index contributed by atoms with van der Waals surface area (Å²) in [6.07, 6.45) is 1.34. The lowest BCUT2D eigenvalue weighted by Crippen LogP contribution is -2.51. The maximum Gasteiger partial charge on any atom is 0.239 e. The first kappa shape index (κ1) is 20.4. The zero-order chi connectivity index (χ0) is 19.5.